The number of urea groups is 1. The number of rotatable bonds is 5. The van der Waals surface area contributed by atoms with Gasteiger partial charge >= 0.3 is 6.03 Å². The summed E-state index contributed by atoms with van der Waals surface area (Å²) in [5.41, 5.74) is 6.38. The van der Waals surface area contributed by atoms with Crippen LogP contribution < -0.4 is 15.8 Å². The smallest absolute Gasteiger partial charge is 0.322 e. The SMILES string of the molecule is COc1cccc(NC(=O)N(CCN)C2CCCC2)c1. The minimum absolute atomic E-state index is 0.0735. The van der Waals surface area contributed by atoms with E-state index in [9.17, 15) is 4.79 Å². The molecule has 1 aliphatic rings. The Hall–Kier alpha value is -1.75. The molecule has 0 heterocycles. The topological polar surface area (TPSA) is 67.6 Å². The van der Waals surface area contributed by atoms with Gasteiger partial charge in [-0.3, -0.25) is 0 Å². The second-order valence-corrected chi connectivity index (χ2v) is 5.08. The Bertz CT molecular complexity index is 444. The maximum absolute atomic E-state index is 12.4. The van der Waals surface area contributed by atoms with Crippen LogP contribution in [-0.4, -0.2) is 37.2 Å². The van der Waals surface area contributed by atoms with Crippen LogP contribution in [0.15, 0.2) is 24.3 Å². The highest BCUT2D eigenvalue weighted by Gasteiger charge is 2.26. The molecule has 0 saturated heterocycles. The first-order valence-electron chi connectivity index (χ1n) is 7.16. The highest BCUT2D eigenvalue weighted by atomic mass is 16.5. The van der Waals surface area contributed by atoms with Gasteiger partial charge in [0, 0.05) is 30.9 Å². The van der Waals surface area contributed by atoms with Gasteiger partial charge in [-0.05, 0) is 25.0 Å². The van der Waals surface area contributed by atoms with E-state index in [1.165, 1.54) is 12.8 Å². The van der Waals surface area contributed by atoms with E-state index in [1.54, 1.807) is 7.11 Å². The number of carbonyl (C=O) groups is 1. The van der Waals surface area contributed by atoms with E-state index in [2.05, 4.69) is 5.32 Å². The van der Waals surface area contributed by atoms with E-state index in [-0.39, 0.29) is 6.03 Å². The van der Waals surface area contributed by atoms with E-state index in [1.807, 2.05) is 29.2 Å². The predicted molar refractivity (Wildman–Crippen MR) is 80.0 cm³/mol. The second kappa shape index (κ2) is 7.14. The molecule has 5 nitrogen and oxygen atoms in total. The van der Waals surface area contributed by atoms with Crippen LogP contribution in [0, 0.1) is 0 Å². The number of benzene rings is 1. The van der Waals surface area contributed by atoms with Crippen molar-refractivity contribution >= 4 is 11.7 Å². The number of hydrogen-bond acceptors (Lipinski definition) is 3. The maximum atomic E-state index is 12.4. The molecule has 110 valence electrons. The molecule has 0 spiro atoms. The van der Waals surface area contributed by atoms with Gasteiger partial charge in [0.1, 0.15) is 5.75 Å². The molecule has 5 heteroatoms. The zero-order valence-electron chi connectivity index (χ0n) is 12.0. The predicted octanol–water partition coefficient (Wildman–Crippen LogP) is 2.43. The molecule has 0 bridgehead atoms. The van der Waals surface area contributed by atoms with Crippen molar-refractivity contribution in [2.45, 2.75) is 31.7 Å². The Kier molecular flexibility index (Phi) is 5.24. The molecule has 1 fully saturated rings. The molecule has 1 aromatic carbocycles. The van der Waals surface area contributed by atoms with Gasteiger partial charge in [-0.1, -0.05) is 18.9 Å². The monoisotopic (exact) mass is 277 g/mol. The number of amides is 2. The fourth-order valence-corrected chi connectivity index (χ4v) is 2.70. The van der Waals surface area contributed by atoms with Crippen molar-refractivity contribution in [1.29, 1.82) is 0 Å². The van der Waals surface area contributed by atoms with Crippen LogP contribution in [-0.2, 0) is 0 Å². The normalized spacial score (nSPS) is 15.1. The highest BCUT2D eigenvalue weighted by molar-refractivity contribution is 5.89. The number of methoxy groups -OCH3 is 1. The molecule has 0 unspecified atom stereocenters. The second-order valence-electron chi connectivity index (χ2n) is 5.08. The maximum Gasteiger partial charge on any atom is 0.322 e. The van der Waals surface area contributed by atoms with Crippen LogP contribution in [0.25, 0.3) is 0 Å². The van der Waals surface area contributed by atoms with Crippen molar-refractivity contribution in [3.8, 4) is 5.75 Å². The van der Waals surface area contributed by atoms with Crippen molar-refractivity contribution in [3.05, 3.63) is 24.3 Å². The van der Waals surface area contributed by atoms with Gasteiger partial charge in [-0.15, -0.1) is 0 Å². The molecule has 1 aliphatic carbocycles. The van der Waals surface area contributed by atoms with Crippen LogP contribution in [0.4, 0.5) is 10.5 Å². The van der Waals surface area contributed by atoms with Crippen molar-refractivity contribution < 1.29 is 9.53 Å². The van der Waals surface area contributed by atoms with Gasteiger partial charge in [-0.25, -0.2) is 4.79 Å². The molecule has 2 amide bonds. The van der Waals surface area contributed by atoms with Gasteiger partial charge in [0.15, 0.2) is 0 Å². The third-order valence-electron chi connectivity index (χ3n) is 3.72. The van der Waals surface area contributed by atoms with Crippen LogP contribution in [0.2, 0.25) is 0 Å². The van der Waals surface area contributed by atoms with Crippen LogP contribution in [0.1, 0.15) is 25.7 Å². The fourth-order valence-electron chi connectivity index (χ4n) is 2.70. The lowest BCUT2D eigenvalue weighted by atomic mass is 10.2. The van der Waals surface area contributed by atoms with Gasteiger partial charge in [-0.2, -0.15) is 0 Å². The molecule has 0 atom stereocenters. The zero-order valence-corrected chi connectivity index (χ0v) is 12.0. The van der Waals surface area contributed by atoms with E-state index >= 15 is 0 Å². The molecule has 0 aromatic heterocycles. The number of ether oxygens (including phenoxy) is 1. The summed E-state index contributed by atoms with van der Waals surface area (Å²) < 4.78 is 5.16. The summed E-state index contributed by atoms with van der Waals surface area (Å²) in [5.74, 6) is 0.731. The molecule has 0 radical (unpaired) electrons. The van der Waals surface area contributed by atoms with Crippen molar-refractivity contribution in [2.24, 2.45) is 5.73 Å². The lowest BCUT2D eigenvalue weighted by Crippen LogP contribution is -2.44. The largest absolute Gasteiger partial charge is 0.497 e. The van der Waals surface area contributed by atoms with Crippen molar-refractivity contribution in [2.75, 3.05) is 25.5 Å². The van der Waals surface area contributed by atoms with Gasteiger partial charge in [0.25, 0.3) is 0 Å². The summed E-state index contributed by atoms with van der Waals surface area (Å²) in [4.78, 5) is 14.3. The quantitative estimate of drug-likeness (QED) is 0.868. The van der Waals surface area contributed by atoms with Gasteiger partial charge in [0.05, 0.1) is 7.11 Å². The summed E-state index contributed by atoms with van der Waals surface area (Å²) in [6.45, 7) is 1.09. The zero-order chi connectivity index (χ0) is 14.4. The fraction of sp³-hybridized carbons (Fsp3) is 0.533. The molecule has 1 saturated carbocycles. The minimum Gasteiger partial charge on any atom is -0.497 e. The average Bonchev–Trinajstić information content (AvgIpc) is 2.98. The Balaban J connectivity index is 2.03. The first kappa shape index (κ1) is 14.7. The molecular formula is C15H23N3O2. The third-order valence-corrected chi connectivity index (χ3v) is 3.72. The van der Waals surface area contributed by atoms with Gasteiger partial charge in [0.2, 0.25) is 0 Å². The van der Waals surface area contributed by atoms with Crippen LogP contribution >= 0.6 is 0 Å². The van der Waals surface area contributed by atoms with E-state index in [4.69, 9.17) is 10.5 Å². The first-order chi connectivity index (χ1) is 9.74. The Morgan fingerprint density at radius 1 is 1.45 bits per heavy atom. The van der Waals surface area contributed by atoms with E-state index in [0.29, 0.717) is 19.1 Å². The summed E-state index contributed by atoms with van der Waals surface area (Å²) >= 11 is 0. The Labute approximate surface area is 120 Å². The Morgan fingerprint density at radius 3 is 2.85 bits per heavy atom. The lowest BCUT2D eigenvalue weighted by Gasteiger charge is -2.28. The van der Waals surface area contributed by atoms with Crippen LogP contribution in [0.5, 0.6) is 5.75 Å². The molecule has 1 aromatic rings. The first-order valence-corrected chi connectivity index (χ1v) is 7.16. The molecule has 20 heavy (non-hydrogen) atoms. The molecule has 0 aliphatic heterocycles. The summed E-state index contributed by atoms with van der Waals surface area (Å²) in [5, 5.41) is 2.93. The lowest BCUT2D eigenvalue weighted by molar-refractivity contribution is 0.190. The third kappa shape index (κ3) is 3.63. The van der Waals surface area contributed by atoms with E-state index < -0.39 is 0 Å². The number of anilines is 1. The number of nitrogens with two attached hydrogens (primary N) is 1. The molecular weight excluding hydrogens is 254 g/mol. The standard InChI is InChI=1S/C15H23N3O2/c1-20-14-8-4-5-12(11-14)17-15(19)18(10-9-16)13-6-2-3-7-13/h4-5,8,11,13H,2-3,6-7,9-10,16H2,1H3,(H,17,19). The highest BCUT2D eigenvalue weighted by Crippen LogP contribution is 2.24. The minimum atomic E-state index is -0.0735. The number of nitrogens with one attached hydrogen (secondary N) is 1. The van der Waals surface area contributed by atoms with Crippen molar-refractivity contribution in [3.63, 3.8) is 0 Å². The number of carbonyl (C=O) groups excluding carboxylic acids is 1. The van der Waals surface area contributed by atoms with Gasteiger partial charge < -0.3 is 20.7 Å². The number of hydrogen-bond donors (Lipinski definition) is 2. The van der Waals surface area contributed by atoms with Crippen LogP contribution in [0.3, 0.4) is 0 Å². The Morgan fingerprint density at radius 2 is 2.20 bits per heavy atom. The summed E-state index contributed by atoms with van der Waals surface area (Å²) in [6.07, 6.45) is 4.54. The number of nitrogens with zero attached hydrogens (tertiary/aromatic N) is 1. The average molecular weight is 277 g/mol. The van der Waals surface area contributed by atoms with E-state index in [0.717, 1.165) is 24.3 Å². The summed E-state index contributed by atoms with van der Waals surface area (Å²) in [7, 11) is 1.61. The molecule has 2 rings (SSSR count). The van der Waals surface area contributed by atoms with Crippen molar-refractivity contribution in [1.82, 2.24) is 4.90 Å². The molecule has 3 N–H and O–H groups in total. The summed E-state index contributed by atoms with van der Waals surface area (Å²) in [6, 6.07) is 7.63.